The molecule has 2 heterocycles. The third kappa shape index (κ3) is 2.00. The van der Waals surface area contributed by atoms with Gasteiger partial charge in [0, 0.05) is 19.6 Å². The van der Waals surface area contributed by atoms with Crippen molar-refractivity contribution in [3.05, 3.63) is 35.9 Å². The molecule has 2 aliphatic rings. The van der Waals surface area contributed by atoms with Gasteiger partial charge in [0.25, 0.3) is 5.91 Å². The Kier molecular flexibility index (Phi) is 2.80. The molecule has 2 saturated heterocycles. The first-order chi connectivity index (χ1) is 8.68. The van der Waals surface area contributed by atoms with Crippen molar-refractivity contribution in [1.82, 2.24) is 15.5 Å². The number of amides is 1. The van der Waals surface area contributed by atoms with E-state index in [1.165, 1.54) is 5.56 Å². The van der Waals surface area contributed by atoms with E-state index >= 15 is 0 Å². The fourth-order valence-electron chi connectivity index (χ4n) is 2.68. The maximum Gasteiger partial charge on any atom is 0.253 e. The predicted octanol–water partition coefficient (Wildman–Crippen LogP) is 0.635. The monoisotopic (exact) mass is 261 g/mol. The lowest BCUT2D eigenvalue weighted by Gasteiger charge is -2.21. The van der Waals surface area contributed by atoms with Crippen molar-refractivity contribution in [3.63, 3.8) is 0 Å². The molecular weight excluding hydrogens is 246 g/mol. The van der Waals surface area contributed by atoms with Gasteiger partial charge in [-0.25, -0.2) is 0 Å². The number of benzene rings is 1. The Bertz CT molecular complexity index is 490. The van der Waals surface area contributed by atoms with Gasteiger partial charge >= 0.3 is 0 Å². The number of thiocarbonyl (C=S) groups is 1. The molecule has 0 radical (unpaired) electrons. The smallest absolute Gasteiger partial charge is 0.253 e. The first-order valence-corrected chi connectivity index (χ1v) is 6.49. The molecule has 1 spiro atoms. The first kappa shape index (κ1) is 11.6. The van der Waals surface area contributed by atoms with Crippen molar-refractivity contribution in [2.45, 2.75) is 18.5 Å². The number of nitrogens with zero attached hydrogens (tertiary/aromatic N) is 1. The highest BCUT2D eigenvalue weighted by Crippen LogP contribution is 2.25. The SMILES string of the molecule is O=C1NC(=S)NC12CCN(Cc1ccccc1)C2. The number of hydrogen-bond acceptors (Lipinski definition) is 3. The van der Waals surface area contributed by atoms with Crippen molar-refractivity contribution < 1.29 is 4.79 Å². The van der Waals surface area contributed by atoms with Crippen molar-refractivity contribution in [1.29, 1.82) is 0 Å². The Morgan fingerprint density at radius 3 is 2.78 bits per heavy atom. The van der Waals surface area contributed by atoms with Crippen molar-refractivity contribution in [3.8, 4) is 0 Å². The van der Waals surface area contributed by atoms with E-state index in [2.05, 4.69) is 27.7 Å². The summed E-state index contributed by atoms with van der Waals surface area (Å²) < 4.78 is 0. The number of carbonyl (C=O) groups is 1. The van der Waals surface area contributed by atoms with Crippen LogP contribution in [0.3, 0.4) is 0 Å². The Hall–Kier alpha value is -1.46. The Labute approximate surface area is 111 Å². The van der Waals surface area contributed by atoms with Crippen molar-refractivity contribution >= 4 is 23.2 Å². The zero-order valence-corrected chi connectivity index (χ0v) is 10.8. The van der Waals surface area contributed by atoms with E-state index in [1.807, 2.05) is 18.2 Å². The van der Waals surface area contributed by atoms with E-state index in [0.717, 1.165) is 19.5 Å². The maximum atomic E-state index is 11.9. The van der Waals surface area contributed by atoms with Gasteiger partial charge in [-0.1, -0.05) is 30.3 Å². The summed E-state index contributed by atoms with van der Waals surface area (Å²) in [5.74, 6) is 0.0167. The second-order valence-electron chi connectivity index (χ2n) is 4.94. The van der Waals surface area contributed by atoms with Gasteiger partial charge in [0.2, 0.25) is 0 Å². The van der Waals surface area contributed by atoms with E-state index in [4.69, 9.17) is 12.2 Å². The molecule has 1 amide bonds. The summed E-state index contributed by atoms with van der Waals surface area (Å²) >= 11 is 5.01. The van der Waals surface area contributed by atoms with E-state index in [0.29, 0.717) is 11.7 Å². The van der Waals surface area contributed by atoms with Crippen LogP contribution in [0.2, 0.25) is 0 Å². The molecule has 2 fully saturated rings. The molecule has 1 aromatic carbocycles. The summed E-state index contributed by atoms with van der Waals surface area (Å²) in [6, 6.07) is 10.3. The molecule has 4 nitrogen and oxygen atoms in total. The topological polar surface area (TPSA) is 44.4 Å². The average molecular weight is 261 g/mol. The van der Waals surface area contributed by atoms with Gasteiger partial charge in [0.1, 0.15) is 5.54 Å². The van der Waals surface area contributed by atoms with Gasteiger partial charge in [0.15, 0.2) is 5.11 Å². The second kappa shape index (κ2) is 4.33. The predicted molar refractivity (Wildman–Crippen MR) is 72.9 cm³/mol. The molecular formula is C13H15N3OS. The maximum absolute atomic E-state index is 11.9. The Balaban J connectivity index is 1.69. The molecule has 0 aliphatic carbocycles. The van der Waals surface area contributed by atoms with Gasteiger partial charge in [-0.2, -0.15) is 0 Å². The van der Waals surface area contributed by atoms with Crippen LogP contribution in [0.15, 0.2) is 30.3 Å². The number of hydrogen-bond donors (Lipinski definition) is 2. The molecule has 0 aromatic heterocycles. The molecule has 1 atom stereocenters. The van der Waals surface area contributed by atoms with Crippen LogP contribution < -0.4 is 10.6 Å². The normalized spacial score (nSPS) is 27.6. The van der Waals surface area contributed by atoms with Crippen LogP contribution in [0.5, 0.6) is 0 Å². The molecule has 0 saturated carbocycles. The van der Waals surface area contributed by atoms with Crippen LogP contribution in [0.1, 0.15) is 12.0 Å². The third-order valence-electron chi connectivity index (χ3n) is 3.61. The highest BCUT2D eigenvalue weighted by atomic mass is 32.1. The number of likely N-dealkylation sites (tertiary alicyclic amines) is 1. The summed E-state index contributed by atoms with van der Waals surface area (Å²) in [6.45, 7) is 2.51. The van der Waals surface area contributed by atoms with E-state index < -0.39 is 5.54 Å². The summed E-state index contributed by atoms with van der Waals surface area (Å²) in [5, 5.41) is 6.27. The number of nitrogens with one attached hydrogen (secondary N) is 2. The second-order valence-corrected chi connectivity index (χ2v) is 5.34. The number of carbonyl (C=O) groups excluding carboxylic acids is 1. The molecule has 0 bridgehead atoms. The standard InChI is InChI=1S/C13H15N3OS/c17-11-13(15-12(18)14-11)6-7-16(9-13)8-10-4-2-1-3-5-10/h1-5H,6-9H2,(H2,14,15,17,18). The molecule has 2 N–H and O–H groups in total. The summed E-state index contributed by atoms with van der Waals surface area (Å²) in [6.07, 6.45) is 0.811. The summed E-state index contributed by atoms with van der Waals surface area (Å²) in [4.78, 5) is 14.2. The lowest BCUT2D eigenvalue weighted by atomic mass is 9.99. The molecule has 3 rings (SSSR count). The minimum Gasteiger partial charge on any atom is -0.347 e. The molecule has 1 unspecified atom stereocenters. The Morgan fingerprint density at radius 2 is 2.11 bits per heavy atom. The zero-order valence-electron chi connectivity index (χ0n) is 9.98. The van der Waals surface area contributed by atoms with E-state index in [-0.39, 0.29) is 5.91 Å². The van der Waals surface area contributed by atoms with Crippen molar-refractivity contribution in [2.24, 2.45) is 0 Å². The highest BCUT2D eigenvalue weighted by molar-refractivity contribution is 7.80. The molecule has 5 heteroatoms. The third-order valence-corrected chi connectivity index (χ3v) is 3.82. The molecule has 1 aromatic rings. The quantitative estimate of drug-likeness (QED) is 0.767. The van der Waals surface area contributed by atoms with Crippen molar-refractivity contribution in [2.75, 3.05) is 13.1 Å². The lowest BCUT2D eigenvalue weighted by Crippen LogP contribution is -2.48. The van der Waals surface area contributed by atoms with Crippen LogP contribution in [0.25, 0.3) is 0 Å². The van der Waals surface area contributed by atoms with Gasteiger partial charge in [-0.15, -0.1) is 0 Å². The van der Waals surface area contributed by atoms with Gasteiger partial charge < -0.3 is 10.6 Å². The largest absolute Gasteiger partial charge is 0.347 e. The molecule has 18 heavy (non-hydrogen) atoms. The summed E-state index contributed by atoms with van der Waals surface area (Å²) in [5.41, 5.74) is 0.779. The average Bonchev–Trinajstić information content (AvgIpc) is 2.86. The van der Waals surface area contributed by atoms with Gasteiger partial charge in [-0.3, -0.25) is 9.69 Å². The van der Waals surface area contributed by atoms with E-state index in [1.54, 1.807) is 0 Å². The van der Waals surface area contributed by atoms with Crippen LogP contribution in [-0.4, -0.2) is 34.5 Å². The molecule has 94 valence electrons. The first-order valence-electron chi connectivity index (χ1n) is 6.08. The van der Waals surface area contributed by atoms with Crippen LogP contribution >= 0.6 is 12.2 Å². The summed E-state index contributed by atoms with van der Waals surface area (Å²) in [7, 11) is 0. The van der Waals surface area contributed by atoms with Gasteiger partial charge in [0.05, 0.1) is 0 Å². The van der Waals surface area contributed by atoms with Crippen LogP contribution in [-0.2, 0) is 11.3 Å². The lowest BCUT2D eigenvalue weighted by molar-refractivity contribution is -0.123. The number of rotatable bonds is 2. The zero-order chi connectivity index (χ0) is 12.6. The van der Waals surface area contributed by atoms with Crippen LogP contribution in [0.4, 0.5) is 0 Å². The highest BCUT2D eigenvalue weighted by Gasteiger charge is 2.49. The van der Waals surface area contributed by atoms with E-state index in [9.17, 15) is 4.79 Å². The Morgan fingerprint density at radius 1 is 1.33 bits per heavy atom. The molecule has 2 aliphatic heterocycles. The fourth-order valence-corrected chi connectivity index (χ4v) is 2.97. The van der Waals surface area contributed by atoms with Gasteiger partial charge in [-0.05, 0) is 24.2 Å². The minimum absolute atomic E-state index is 0.0167. The minimum atomic E-state index is -0.494. The van der Waals surface area contributed by atoms with Crippen LogP contribution in [0, 0.1) is 0 Å². The fraction of sp³-hybridized carbons (Fsp3) is 0.385.